The SMILES string of the molecule is CC(C)(C)[C@H](O)CNC(=O)OCc1ccccc1. The van der Waals surface area contributed by atoms with Crippen LogP contribution in [0.2, 0.25) is 0 Å². The molecule has 4 nitrogen and oxygen atoms in total. The van der Waals surface area contributed by atoms with Gasteiger partial charge < -0.3 is 15.2 Å². The quantitative estimate of drug-likeness (QED) is 0.863. The molecule has 0 radical (unpaired) electrons. The van der Waals surface area contributed by atoms with Crippen LogP contribution < -0.4 is 5.32 Å². The van der Waals surface area contributed by atoms with Gasteiger partial charge in [0.05, 0.1) is 6.10 Å². The fourth-order valence-electron chi connectivity index (χ4n) is 1.26. The van der Waals surface area contributed by atoms with Crippen molar-refractivity contribution in [3.8, 4) is 0 Å². The Kier molecular flexibility index (Phi) is 5.16. The number of carbonyl (C=O) groups is 1. The van der Waals surface area contributed by atoms with Crippen molar-refractivity contribution in [3.05, 3.63) is 35.9 Å². The third kappa shape index (κ3) is 5.19. The summed E-state index contributed by atoms with van der Waals surface area (Å²) in [6.45, 7) is 6.16. The number of aliphatic hydroxyl groups excluding tert-OH is 1. The first-order chi connectivity index (χ1) is 8.39. The first-order valence-corrected chi connectivity index (χ1v) is 6.02. The number of ether oxygens (including phenoxy) is 1. The van der Waals surface area contributed by atoms with Gasteiger partial charge >= 0.3 is 6.09 Å². The van der Waals surface area contributed by atoms with Crippen molar-refractivity contribution in [2.45, 2.75) is 33.5 Å². The zero-order chi connectivity index (χ0) is 13.6. The van der Waals surface area contributed by atoms with Crippen LogP contribution >= 0.6 is 0 Å². The van der Waals surface area contributed by atoms with Gasteiger partial charge in [-0.15, -0.1) is 0 Å². The predicted molar refractivity (Wildman–Crippen MR) is 70.1 cm³/mol. The van der Waals surface area contributed by atoms with E-state index in [1.54, 1.807) is 0 Å². The van der Waals surface area contributed by atoms with Gasteiger partial charge in [-0.25, -0.2) is 4.79 Å². The van der Waals surface area contributed by atoms with E-state index in [9.17, 15) is 9.90 Å². The normalized spacial score (nSPS) is 12.9. The molecule has 18 heavy (non-hydrogen) atoms. The van der Waals surface area contributed by atoms with E-state index in [0.717, 1.165) is 5.56 Å². The molecule has 4 heteroatoms. The molecular weight excluding hydrogens is 230 g/mol. The average Bonchev–Trinajstić information content (AvgIpc) is 2.33. The summed E-state index contributed by atoms with van der Waals surface area (Å²) in [6, 6.07) is 9.46. The van der Waals surface area contributed by atoms with Crippen LogP contribution in [0.3, 0.4) is 0 Å². The van der Waals surface area contributed by atoms with Crippen LogP contribution in [0, 0.1) is 5.41 Å². The van der Waals surface area contributed by atoms with Gasteiger partial charge in [0, 0.05) is 6.54 Å². The number of aliphatic hydroxyl groups is 1. The van der Waals surface area contributed by atoms with Crippen molar-refractivity contribution in [1.82, 2.24) is 5.32 Å². The summed E-state index contributed by atoms with van der Waals surface area (Å²) in [5, 5.41) is 12.3. The molecule has 1 aromatic carbocycles. The minimum Gasteiger partial charge on any atom is -0.445 e. The number of nitrogens with one attached hydrogen (secondary N) is 1. The Balaban J connectivity index is 2.27. The molecule has 1 amide bonds. The Bertz CT molecular complexity index is 370. The fourth-order valence-corrected chi connectivity index (χ4v) is 1.26. The summed E-state index contributed by atoms with van der Waals surface area (Å²) in [5.41, 5.74) is 0.677. The molecule has 0 bridgehead atoms. The van der Waals surface area contributed by atoms with Gasteiger partial charge in [0.2, 0.25) is 0 Å². The lowest BCUT2D eigenvalue weighted by Crippen LogP contribution is -2.39. The summed E-state index contributed by atoms with van der Waals surface area (Å²) >= 11 is 0. The highest BCUT2D eigenvalue weighted by molar-refractivity contribution is 5.67. The van der Waals surface area contributed by atoms with Crippen LogP contribution in [0.4, 0.5) is 4.79 Å². The summed E-state index contributed by atoms with van der Waals surface area (Å²) in [5.74, 6) is 0. The monoisotopic (exact) mass is 251 g/mol. The van der Waals surface area contributed by atoms with Gasteiger partial charge in [-0.2, -0.15) is 0 Å². The first-order valence-electron chi connectivity index (χ1n) is 6.02. The van der Waals surface area contributed by atoms with Crippen molar-refractivity contribution in [2.75, 3.05) is 6.54 Å². The van der Waals surface area contributed by atoms with Crippen LogP contribution in [-0.2, 0) is 11.3 Å². The highest BCUT2D eigenvalue weighted by Gasteiger charge is 2.22. The zero-order valence-corrected chi connectivity index (χ0v) is 11.1. The van der Waals surface area contributed by atoms with Gasteiger partial charge in [0.15, 0.2) is 0 Å². The van der Waals surface area contributed by atoms with Gasteiger partial charge in [0.1, 0.15) is 6.61 Å². The molecule has 0 aromatic heterocycles. The third-order valence-electron chi connectivity index (χ3n) is 2.65. The summed E-state index contributed by atoms with van der Waals surface area (Å²) in [7, 11) is 0. The van der Waals surface area contributed by atoms with Crippen molar-refractivity contribution >= 4 is 6.09 Å². The molecule has 0 aliphatic heterocycles. The summed E-state index contributed by atoms with van der Waals surface area (Å²) in [6.07, 6.45) is -1.11. The fraction of sp³-hybridized carbons (Fsp3) is 0.500. The molecular formula is C14H21NO3. The van der Waals surface area contributed by atoms with E-state index < -0.39 is 12.2 Å². The molecule has 1 aromatic rings. The van der Waals surface area contributed by atoms with E-state index >= 15 is 0 Å². The van der Waals surface area contributed by atoms with Crippen molar-refractivity contribution < 1.29 is 14.6 Å². The largest absolute Gasteiger partial charge is 0.445 e. The van der Waals surface area contributed by atoms with E-state index in [-0.39, 0.29) is 18.6 Å². The summed E-state index contributed by atoms with van der Waals surface area (Å²) in [4.78, 5) is 11.4. The molecule has 0 heterocycles. The van der Waals surface area contributed by atoms with Crippen molar-refractivity contribution in [3.63, 3.8) is 0 Å². The molecule has 0 saturated carbocycles. The maximum atomic E-state index is 11.4. The maximum Gasteiger partial charge on any atom is 0.407 e. The maximum absolute atomic E-state index is 11.4. The predicted octanol–water partition coefficient (Wildman–Crippen LogP) is 2.32. The second-order valence-corrected chi connectivity index (χ2v) is 5.32. The molecule has 0 saturated heterocycles. The highest BCUT2D eigenvalue weighted by Crippen LogP contribution is 2.18. The van der Waals surface area contributed by atoms with E-state index in [1.807, 2.05) is 51.1 Å². The van der Waals surface area contributed by atoms with Gasteiger partial charge in [-0.3, -0.25) is 0 Å². The highest BCUT2D eigenvalue weighted by atomic mass is 16.5. The van der Waals surface area contributed by atoms with E-state index in [1.165, 1.54) is 0 Å². The third-order valence-corrected chi connectivity index (χ3v) is 2.65. The zero-order valence-electron chi connectivity index (χ0n) is 11.1. The smallest absolute Gasteiger partial charge is 0.407 e. The number of hydrogen-bond donors (Lipinski definition) is 2. The summed E-state index contributed by atoms with van der Waals surface area (Å²) < 4.78 is 5.03. The standard InChI is InChI=1S/C14H21NO3/c1-14(2,3)12(16)9-15-13(17)18-10-11-7-5-4-6-8-11/h4-8,12,16H,9-10H2,1-3H3,(H,15,17)/t12-/m1/s1. The molecule has 1 rings (SSSR count). The van der Waals surface area contributed by atoms with E-state index in [0.29, 0.717) is 0 Å². The lowest BCUT2D eigenvalue weighted by Gasteiger charge is -2.25. The number of amides is 1. The van der Waals surface area contributed by atoms with Crippen LogP contribution in [0.5, 0.6) is 0 Å². The van der Waals surface area contributed by atoms with E-state index in [4.69, 9.17) is 4.74 Å². The van der Waals surface area contributed by atoms with Crippen LogP contribution in [0.25, 0.3) is 0 Å². The number of alkyl carbamates (subject to hydrolysis) is 1. The van der Waals surface area contributed by atoms with Crippen molar-refractivity contribution in [2.24, 2.45) is 5.41 Å². The molecule has 0 spiro atoms. The van der Waals surface area contributed by atoms with Gasteiger partial charge in [-0.1, -0.05) is 51.1 Å². The van der Waals surface area contributed by atoms with E-state index in [2.05, 4.69) is 5.32 Å². The van der Waals surface area contributed by atoms with Crippen LogP contribution in [0.15, 0.2) is 30.3 Å². The van der Waals surface area contributed by atoms with Gasteiger partial charge in [0.25, 0.3) is 0 Å². The topological polar surface area (TPSA) is 58.6 Å². The van der Waals surface area contributed by atoms with Gasteiger partial charge in [-0.05, 0) is 11.0 Å². The molecule has 100 valence electrons. The Labute approximate surface area is 108 Å². The Morgan fingerprint density at radius 1 is 1.33 bits per heavy atom. The molecule has 2 N–H and O–H groups in total. The molecule has 0 fully saturated rings. The Hall–Kier alpha value is -1.55. The lowest BCUT2D eigenvalue weighted by molar-refractivity contribution is 0.0594. The Morgan fingerprint density at radius 2 is 1.94 bits per heavy atom. The number of carbonyl (C=O) groups excluding carboxylic acids is 1. The average molecular weight is 251 g/mol. The van der Waals surface area contributed by atoms with Crippen molar-refractivity contribution in [1.29, 1.82) is 0 Å². The number of hydrogen-bond acceptors (Lipinski definition) is 3. The number of benzene rings is 1. The van der Waals surface area contributed by atoms with Crippen LogP contribution in [0.1, 0.15) is 26.3 Å². The molecule has 0 aliphatic rings. The second-order valence-electron chi connectivity index (χ2n) is 5.32. The minimum absolute atomic E-state index is 0.192. The number of rotatable bonds is 4. The second kappa shape index (κ2) is 6.40. The molecule has 0 aliphatic carbocycles. The Morgan fingerprint density at radius 3 is 2.50 bits per heavy atom. The molecule has 0 unspecified atom stereocenters. The molecule has 1 atom stereocenters. The van der Waals surface area contributed by atoms with Crippen LogP contribution in [-0.4, -0.2) is 23.8 Å². The first kappa shape index (κ1) is 14.5. The minimum atomic E-state index is -0.596. The lowest BCUT2D eigenvalue weighted by atomic mass is 9.89.